The lowest BCUT2D eigenvalue weighted by Gasteiger charge is -2.19. The van der Waals surface area contributed by atoms with Gasteiger partial charge in [0.25, 0.3) is 5.91 Å². The van der Waals surface area contributed by atoms with Gasteiger partial charge >= 0.3 is 0 Å². The zero-order chi connectivity index (χ0) is 20.1. The Labute approximate surface area is 172 Å². The van der Waals surface area contributed by atoms with E-state index in [-0.39, 0.29) is 11.7 Å². The van der Waals surface area contributed by atoms with Crippen LogP contribution in [-0.2, 0) is 4.79 Å². The van der Waals surface area contributed by atoms with Gasteiger partial charge in [0.2, 0.25) is 0 Å². The van der Waals surface area contributed by atoms with Crippen LogP contribution in [0.3, 0.4) is 0 Å². The molecule has 3 aromatic rings. The highest BCUT2D eigenvalue weighted by Gasteiger charge is 2.19. The molecule has 0 N–H and O–H groups in total. The van der Waals surface area contributed by atoms with Crippen LogP contribution in [0, 0.1) is 5.82 Å². The number of aromatic nitrogens is 1. The molecule has 0 radical (unpaired) electrons. The van der Waals surface area contributed by atoms with Crippen molar-refractivity contribution in [2.75, 3.05) is 32.1 Å². The van der Waals surface area contributed by atoms with Gasteiger partial charge in [-0.3, -0.25) is 9.69 Å². The van der Waals surface area contributed by atoms with Gasteiger partial charge < -0.3 is 4.90 Å². The fourth-order valence-electron chi connectivity index (χ4n) is 2.73. The summed E-state index contributed by atoms with van der Waals surface area (Å²) in [5, 5.41) is 1.07. The summed E-state index contributed by atoms with van der Waals surface area (Å²) >= 11 is 7.47. The second-order valence-corrected chi connectivity index (χ2v) is 8.00. The van der Waals surface area contributed by atoms with Gasteiger partial charge in [0.15, 0.2) is 5.13 Å². The molecule has 1 amide bonds. The SMILES string of the molecule is CN(C)CCCN(C(=O)C=Cc1ccccc1Cl)c1nc2c(F)cccc2s1. The number of benzene rings is 2. The lowest BCUT2D eigenvalue weighted by atomic mass is 10.2. The number of anilines is 1. The zero-order valence-corrected chi connectivity index (χ0v) is 17.3. The summed E-state index contributed by atoms with van der Waals surface area (Å²) < 4.78 is 14.8. The molecule has 28 heavy (non-hydrogen) atoms. The highest BCUT2D eigenvalue weighted by molar-refractivity contribution is 7.22. The molecule has 1 aromatic heterocycles. The Kier molecular flexibility index (Phi) is 6.78. The van der Waals surface area contributed by atoms with Gasteiger partial charge in [-0.2, -0.15) is 0 Å². The minimum absolute atomic E-state index is 0.210. The Hall–Kier alpha value is -2.28. The minimum atomic E-state index is -0.382. The number of hydrogen-bond acceptors (Lipinski definition) is 4. The molecule has 0 aliphatic carbocycles. The molecular formula is C21H21ClFN3OS. The van der Waals surface area contributed by atoms with Gasteiger partial charge in [-0.15, -0.1) is 0 Å². The number of hydrogen-bond donors (Lipinski definition) is 0. The molecule has 7 heteroatoms. The van der Waals surface area contributed by atoms with Crippen molar-refractivity contribution < 1.29 is 9.18 Å². The molecule has 0 saturated carbocycles. The standard InChI is InChI=1S/C21H21ClFN3OS/c1-25(2)13-6-14-26(19(27)12-11-15-7-3-4-8-16(15)22)21-24-20-17(23)9-5-10-18(20)28-21/h3-5,7-12H,6,13-14H2,1-2H3. The number of thiazole rings is 1. The number of carbonyl (C=O) groups excluding carboxylic acids is 1. The van der Waals surface area contributed by atoms with Gasteiger partial charge in [0.05, 0.1) is 4.70 Å². The fourth-order valence-corrected chi connectivity index (χ4v) is 3.94. The first kappa shape index (κ1) is 20.5. The van der Waals surface area contributed by atoms with Crippen LogP contribution in [0.5, 0.6) is 0 Å². The van der Waals surface area contributed by atoms with E-state index in [1.165, 1.54) is 23.5 Å². The van der Waals surface area contributed by atoms with Gasteiger partial charge in [0, 0.05) is 17.6 Å². The van der Waals surface area contributed by atoms with Crippen molar-refractivity contribution in [3.63, 3.8) is 0 Å². The fraction of sp³-hybridized carbons (Fsp3) is 0.238. The summed E-state index contributed by atoms with van der Waals surface area (Å²) in [6.45, 7) is 1.32. The van der Waals surface area contributed by atoms with Crippen LogP contribution in [0.25, 0.3) is 16.3 Å². The Morgan fingerprint density at radius 2 is 1.96 bits per heavy atom. The Morgan fingerprint density at radius 3 is 2.68 bits per heavy atom. The van der Waals surface area contributed by atoms with Crippen LogP contribution >= 0.6 is 22.9 Å². The molecule has 1 heterocycles. The zero-order valence-electron chi connectivity index (χ0n) is 15.7. The Bertz CT molecular complexity index is 1000. The van der Waals surface area contributed by atoms with Crippen molar-refractivity contribution in [3.8, 4) is 0 Å². The van der Waals surface area contributed by atoms with Gasteiger partial charge in [0.1, 0.15) is 11.3 Å². The average Bonchev–Trinajstić information content (AvgIpc) is 3.09. The number of nitrogens with zero attached hydrogens (tertiary/aromatic N) is 3. The van der Waals surface area contributed by atoms with E-state index in [1.54, 1.807) is 23.1 Å². The van der Waals surface area contributed by atoms with Crippen LogP contribution in [0.15, 0.2) is 48.5 Å². The summed E-state index contributed by atoms with van der Waals surface area (Å²) in [7, 11) is 3.97. The molecule has 0 bridgehead atoms. The number of carbonyl (C=O) groups is 1. The molecule has 0 saturated heterocycles. The number of fused-ring (bicyclic) bond motifs is 1. The molecule has 0 aliphatic rings. The molecule has 146 valence electrons. The summed E-state index contributed by atoms with van der Waals surface area (Å²) in [5.74, 6) is -0.592. The third-order valence-electron chi connectivity index (χ3n) is 4.15. The van der Waals surface area contributed by atoms with Crippen LogP contribution in [0.4, 0.5) is 9.52 Å². The van der Waals surface area contributed by atoms with E-state index in [2.05, 4.69) is 9.88 Å². The number of rotatable bonds is 7. The van der Waals surface area contributed by atoms with Gasteiger partial charge in [-0.05, 0) is 56.9 Å². The second-order valence-electron chi connectivity index (χ2n) is 6.58. The van der Waals surface area contributed by atoms with E-state index in [4.69, 9.17) is 11.6 Å². The molecule has 2 aromatic carbocycles. The highest BCUT2D eigenvalue weighted by atomic mass is 35.5. The van der Waals surface area contributed by atoms with Crippen LogP contribution in [0.2, 0.25) is 5.02 Å². The summed E-state index contributed by atoms with van der Waals surface area (Å²) in [6, 6.07) is 12.1. The molecule has 0 unspecified atom stereocenters. The molecule has 3 rings (SSSR count). The van der Waals surface area contributed by atoms with E-state index < -0.39 is 0 Å². The average molecular weight is 418 g/mol. The Balaban J connectivity index is 1.88. The molecule has 0 spiro atoms. The highest BCUT2D eigenvalue weighted by Crippen LogP contribution is 2.30. The second kappa shape index (κ2) is 9.28. The predicted molar refractivity (Wildman–Crippen MR) is 116 cm³/mol. The topological polar surface area (TPSA) is 36.4 Å². The number of para-hydroxylation sites is 1. The van der Waals surface area contributed by atoms with Crippen molar-refractivity contribution in [1.29, 1.82) is 0 Å². The maximum absolute atomic E-state index is 14.0. The molecule has 0 fully saturated rings. The third-order valence-corrected chi connectivity index (χ3v) is 5.54. The molecule has 0 atom stereocenters. The van der Waals surface area contributed by atoms with E-state index in [1.807, 2.05) is 38.4 Å². The van der Waals surface area contributed by atoms with Crippen LogP contribution in [-0.4, -0.2) is 43.0 Å². The lowest BCUT2D eigenvalue weighted by Crippen LogP contribution is -2.32. The lowest BCUT2D eigenvalue weighted by molar-refractivity contribution is -0.114. The quantitative estimate of drug-likeness (QED) is 0.502. The van der Waals surface area contributed by atoms with Crippen molar-refractivity contribution in [3.05, 3.63) is 64.9 Å². The first-order chi connectivity index (χ1) is 13.5. The number of amides is 1. The van der Waals surface area contributed by atoms with Gasteiger partial charge in [-0.1, -0.05) is 47.2 Å². The summed E-state index contributed by atoms with van der Waals surface area (Å²) in [6.07, 6.45) is 3.95. The smallest absolute Gasteiger partial charge is 0.252 e. The number of halogens is 2. The van der Waals surface area contributed by atoms with Crippen molar-refractivity contribution >= 4 is 50.3 Å². The maximum Gasteiger partial charge on any atom is 0.252 e. The monoisotopic (exact) mass is 417 g/mol. The van der Waals surface area contributed by atoms with Crippen LogP contribution in [0.1, 0.15) is 12.0 Å². The summed E-state index contributed by atoms with van der Waals surface area (Å²) in [5.41, 5.74) is 1.06. The van der Waals surface area contributed by atoms with Crippen molar-refractivity contribution in [2.45, 2.75) is 6.42 Å². The molecule has 4 nitrogen and oxygen atoms in total. The largest absolute Gasteiger partial charge is 0.309 e. The first-order valence-electron chi connectivity index (χ1n) is 8.89. The Morgan fingerprint density at radius 1 is 1.18 bits per heavy atom. The van der Waals surface area contributed by atoms with Crippen LogP contribution < -0.4 is 4.90 Å². The van der Waals surface area contributed by atoms with Crippen molar-refractivity contribution in [1.82, 2.24) is 9.88 Å². The van der Waals surface area contributed by atoms with E-state index in [0.29, 0.717) is 22.2 Å². The van der Waals surface area contributed by atoms with E-state index in [9.17, 15) is 9.18 Å². The molecular weight excluding hydrogens is 397 g/mol. The third kappa shape index (κ3) is 4.95. The van der Waals surface area contributed by atoms with Crippen molar-refractivity contribution in [2.24, 2.45) is 0 Å². The van der Waals surface area contributed by atoms with E-state index >= 15 is 0 Å². The van der Waals surface area contributed by atoms with E-state index in [0.717, 1.165) is 23.2 Å². The minimum Gasteiger partial charge on any atom is -0.309 e. The normalized spacial score (nSPS) is 11.6. The maximum atomic E-state index is 14.0. The predicted octanol–water partition coefficient (Wildman–Crippen LogP) is 5.09. The van der Waals surface area contributed by atoms with Gasteiger partial charge in [-0.25, -0.2) is 9.37 Å². The summed E-state index contributed by atoms with van der Waals surface area (Å²) in [4.78, 5) is 21.0. The first-order valence-corrected chi connectivity index (χ1v) is 10.1. The molecule has 0 aliphatic heterocycles.